The first-order chi connectivity index (χ1) is 8.58. The molecule has 98 valence electrons. The lowest BCUT2D eigenvalue weighted by molar-refractivity contribution is -0.384. The van der Waals surface area contributed by atoms with Crippen LogP contribution in [-0.4, -0.2) is 11.0 Å². The number of nitro benzene ring substituents is 1. The first-order valence-electron chi connectivity index (χ1n) is 6.38. The summed E-state index contributed by atoms with van der Waals surface area (Å²) >= 11 is 0. The van der Waals surface area contributed by atoms with Crippen LogP contribution in [0.5, 0.6) is 0 Å². The third kappa shape index (κ3) is 2.72. The molecule has 0 amide bonds. The van der Waals surface area contributed by atoms with E-state index in [4.69, 9.17) is 5.73 Å². The largest absolute Gasteiger partial charge is 0.397 e. The molecule has 0 aromatic heterocycles. The van der Waals surface area contributed by atoms with Crippen LogP contribution in [0, 0.1) is 16.0 Å². The van der Waals surface area contributed by atoms with Gasteiger partial charge in [0.05, 0.1) is 16.3 Å². The maximum Gasteiger partial charge on any atom is 0.271 e. The molecule has 1 aromatic carbocycles. The van der Waals surface area contributed by atoms with Crippen LogP contribution in [0.4, 0.5) is 17.1 Å². The minimum atomic E-state index is -0.430. The van der Waals surface area contributed by atoms with E-state index in [1.807, 2.05) is 0 Å². The van der Waals surface area contributed by atoms with Gasteiger partial charge in [0, 0.05) is 18.2 Å². The Morgan fingerprint density at radius 1 is 1.44 bits per heavy atom. The minimum absolute atomic E-state index is 0.0339. The topological polar surface area (TPSA) is 81.2 Å². The van der Waals surface area contributed by atoms with Gasteiger partial charge in [-0.3, -0.25) is 10.1 Å². The van der Waals surface area contributed by atoms with E-state index in [-0.39, 0.29) is 5.69 Å². The molecule has 0 aliphatic heterocycles. The van der Waals surface area contributed by atoms with Gasteiger partial charge < -0.3 is 11.1 Å². The smallest absolute Gasteiger partial charge is 0.271 e. The van der Waals surface area contributed by atoms with Crippen molar-refractivity contribution in [1.29, 1.82) is 0 Å². The van der Waals surface area contributed by atoms with Crippen LogP contribution in [0.2, 0.25) is 0 Å². The highest BCUT2D eigenvalue weighted by Gasteiger charge is 2.22. The predicted octanol–water partition coefficient (Wildman–Crippen LogP) is 3.17. The van der Waals surface area contributed by atoms with Gasteiger partial charge in [-0.2, -0.15) is 0 Å². The zero-order chi connectivity index (χ0) is 13.1. The van der Waals surface area contributed by atoms with Gasteiger partial charge in [-0.1, -0.05) is 12.8 Å². The molecule has 0 saturated heterocycles. The van der Waals surface area contributed by atoms with E-state index < -0.39 is 4.92 Å². The van der Waals surface area contributed by atoms with Crippen molar-refractivity contribution in [3.05, 3.63) is 28.3 Å². The first-order valence-corrected chi connectivity index (χ1v) is 6.38. The summed E-state index contributed by atoms with van der Waals surface area (Å²) in [5.41, 5.74) is 7.10. The van der Waals surface area contributed by atoms with E-state index in [1.54, 1.807) is 6.07 Å². The zero-order valence-corrected chi connectivity index (χ0v) is 10.6. The second-order valence-electron chi connectivity index (χ2n) is 5.01. The molecule has 3 N–H and O–H groups in total. The first kappa shape index (κ1) is 12.7. The molecule has 5 nitrogen and oxygen atoms in total. The molecule has 0 bridgehead atoms. The van der Waals surface area contributed by atoms with Crippen LogP contribution < -0.4 is 11.1 Å². The van der Waals surface area contributed by atoms with Crippen LogP contribution in [0.3, 0.4) is 0 Å². The number of hydrogen-bond donors (Lipinski definition) is 2. The van der Waals surface area contributed by atoms with Crippen molar-refractivity contribution in [3.63, 3.8) is 0 Å². The maximum absolute atomic E-state index is 10.6. The number of anilines is 2. The van der Waals surface area contributed by atoms with Crippen molar-refractivity contribution in [3.8, 4) is 0 Å². The number of benzene rings is 1. The van der Waals surface area contributed by atoms with E-state index in [9.17, 15) is 10.1 Å². The SMILES string of the molecule is CC(Nc1ccc([N+](=O)[O-])cc1N)C1CCCC1. The quantitative estimate of drug-likeness (QED) is 0.488. The van der Waals surface area contributed by atoms with Crippen molar-refractivity contribution in [2.75, 3.05) is 11.1 Å². The Hall–Kier alpha value is -1.78. The van der Waals surface area contributed by atoms with Crippen molar-refractivity contribution < 1.29 is 4.92 Å². The molecule has 1 atom stereocenters. The van der Waals surface area contributed by atoms with Crippen LogP contribution in [0.1, 0.15) is 32.6 Å². The van der Waals surface area contributed by atoms with E-state index in [0.29, 0.717) is 17.6 Å². The van der Waals surface area contributed by atoms with Crippen LogP contribution in [-0.2, 0) is 0 Å². The molecular formula is C13H19N3O2. The molecular weight excluding hydrogens is 230 g/mol. The van der Waals surface area contributed by atoms with E-state index >= 15 is 0 Å². The summed E-state index contributed by atoms with van der Waals surface area (Å²) < 4.78 is 0. The zero-order valence-electron chi connectivity index (χ0n) is 10.6. The number of hydrogen-bond acceptors (Lipinski definition) is 4. The number of nitrogen functional groups attached to an aromatic ring is 1. The Morgan fingerprint density at radius 3 is 2.67 bits per heavy atom. The van der Waals surface area contributed by atoms with Crippen LogP contribution in [0.25, 0.3) is 0 Å². The number of nitrogens with zero attached hydrogens (tertiary/aromatic N) is 1. The summed E-state index contributed by atoms with van der Waals surface area (Å²) in [7, 11) is 0. The Balaban J connectivity index is 2.06. The van der Waals surface area contributed by atoms with Gasteiger partial charge in [-0.05, 0) is 31.7 Å². The lowest BCUT2D eigenvalue weighted by Crippen LogP contribution is -2.24. The van der Waals surface area contributed by atoms with Gasteiger partial charge in [0.1, 0.15) is 0 Å². The van der Waals surface area contributed by atoms with Gasteiger partial charge in [0.15, 0.2) is 0 Å². The normalized spacial score (nSPS) is 17.6. The van der Waals surface area contributed by atoms with E-state index in [2.05, 4.69) is 12.2 Å². The molecule has 0 heterocycles. The monoisotopic (exact) mass is 249 g/mol. The Labute approximate surface area is 107 Å². The van der Waals surface area contributed by atoms with Crippen molar-refractivity contribution in [2.45, 2.75) is 38.6 Å². The molecule has 1 unspecified atom stereocenters. The number of non-ortho nitro benzene ring substituents is 1. The molecule has 5 heteroatoms. The fourth-order valence-electron chi connectivity index (χ4n) is 2.62. The molecule has 1 aromatic rings. The van der Waals surface area contributed by atoms with Crippen LogP contribution in [0.15, 0.2) is 18.2 Å². The number of nitrogens with two attached hydrogens (primary N) is 1. The number of nitrogens with one attached hydrogen (secondary N) is 1. The summed E-state index contributed by atoms with van der Waals surface area (Å²) in [6, 6.07) is 4.94. The molecule has 1 saturated carbocycles. The average Bonchev–Trinajstić information content (AvgIpc) is 2.85. The number of nitro groups is 1. The minimum Gasteiger partial charge on any atom is -0.397 e. The standard InChI is InChI=1S/C13H19N3O2/c1-9(10-4-2-3-5-10)15-13-7-6-11(16(17)18)8-12(13)14/h6-10,15H,2-5,14H2,1H3. The summed E-state index contributed by atoms with van der Waals surface area (Å²) in [6.07, 6.45) is 5.10. The summed E-state index contributed by atoms with van der Waals surface area (Å²) in [5, 5.41) is 14.0. The second kappa shape index (κ2) is 5.25. The Kier molecular flexibility index (Phi) is 3.69. The highest BCUT2D eigenvalue weighted by atomic mass is 16.6. The third-order valence-electron chi connectivity index (χ3n) is 3.74. The van der Waals surface area contributed by atoms with Crippen molar-refractivity contribution >= 4 is 17.1 Å². The van der Waals surface area contributed by atoms with Crippen LogP contribution >= 0.6 is 0 Å². The molecule has 1 aliphatic rings. The summed E-state index contributed by atoms with van der Waals surface area (Å²) in [6.45, 7) is 2.15. The van der Waals surface area contributed by atoms with Crippen molar-refractivity contribution in [2.24, 2.45) is 5.92 Å². The Morgan fingerprint density at radius 2 is 2.11 bits per heavy atom. The van der Waals surface area contributed by atoms with E-state index in [0.717, 1.165) is 5.69 Å². The number of rotatable bonds is 4. The molecule has 18 heavy (non-hydrogen) atoms. The molecule has 0 radical (unpaired) electrons. The van der Waals surface area contributed by atoms with Gasteiger partial charge in [0.25, 0.3) is 5.69 Å². The lowest BCUT2D eigenvalue weighted by Gasteiger charge is -2.22. The predicted molar refractivity (Wildman–Crippen MR) is 72.6 cm³/mol. The summed E-state index contributed by atoms with van der Waals surface area (Å²) in [5.74, 6) is 0.680. The maximum atomic E-state index is 10.6. The lowest BCUT2D eigenvalue weighted by atomic mass is 9.99. The van der Waals surface area contributed by atoms with E-state index in [1.165, 1.54) is 37.8 Å². The van der Waals surface area contributed by atoms with Gasteiger partial charge >= 0.3 is 0 Å². The van der Waals surface area contributed by atoms with Gasteiger partial charge in [0.2, 0.25) is 0 Å². The second-order valence-corrected chi connectivity index (χ2v) is 5.01. The summed E-state index contributed by atoms with van der Waals surface area (Å²) in [4.78, 5) is 10.2. The third-order valence-corrected chi connectivity index (χ3v) is 3.74. The molecule has 0 spiro atoms. The Bertz CT molecular complexity index is 442. The van der Waals surface area contributed by atoms with Gasteiger partial charge in [-0.25, -0.2) is 0 Å². The average molecular weight is 249 g/mol. The molecule has 2 rings (SSSR count). The molecule has 1 fully saturated rings. The van der Waals surface area contributed by atoms with Gasteiger partial charge in [-0.15, -0.1) is 0 Å². The highest BCUT2D eigenvalue weighted by molar-refractivity contribution is 5.69. The fourth-order valence-corrected chi connectivity index (χ4v) is 2.62. The highest BCUT2D eigenvalue weighted by Crippen LogP contribution is 2.31. The molecule has 1 aliphatic carbocycles. The van der Waals surface area contributed by atoms with Crippen molar-refractivity contribution in [1.82, 2.24) is 0 Å². The fraction of sp³-hybridized carbons (Fsp3) is 0.538.